The molecular weight excluding hydrogens is 315 g/mol. The molecule has 0 atom stereocenters. The summed E-state index contributed by atoms with van der Waals surface area (Å²) in [4.78, 5) is 15.1. The average Bonchev–Trinajstić information content (AvgIpc) is 2.89. The topological polar surface area (TPSA) is 44.9 Å². The van der Waals surface area contributed by atoms with Crippen LogP contribution in [0.1, 0.15) is 11.1 Å². The van der Waals surface area contributed by atoms with E-state index in [1.807, 2.05) is 24.4 Å². The molecule has 3 aromatic rings. The lowest BCUT2D eigenvalue weighted by Gasteiger charge is -2.05. The van der Waals surface area contributed by atoms with Crippen LogP contribution in [0.15, 0.2) is 48.7 Å². The second-order valence-corrected chi connectivity index (χ2v) is 5.85. The fourth-order valence-electron chi connectivity index (χ4n) is 2.60. The van der Waals surface area contributed by atoms with Gasteiger partial charge in [0.2, 0.25) is 5.91 Å². The normalized spacial score (nSPS) is 10.9. The Labute approximate surface area is 138 Å². The van der Waals surface area contributed by atoms with E-state index in [4.69, 9.17) is 11.6 Å². The van der Waals surface area contributed by atoms with Crippen molar-refractivity contribution in [3.05, 3.63) is 70.6 Å². The van der Waals surface area contributed by atoms with Crippen LogP contribution in [0.25, 0.3) is 10.9 Å². The number of hydrogen-bond acceptors (Lipinski definition) is 1. The number of halogens is 2. The predicted molar refractivity (Wildman–Crippen MR) is 90.1 cm³/mol. The van der Waals surface area contributed by atoms with Crippen LogP contribution in [-0.2, 0) is 17.6 Å². The zero-order valence-electron chi connectivity index (χ0n) is 12.4. The molecule has 1 aromatic heterocycles. The number of amides is 1. The quantitative estimate of drug-likeness (QED) is 0.733. The van der Waals surface area contributed by atoms with Gasteiger partial charge in [-0.05, 0) is 41.8 Å². The molecule has 3 rings (SSSR count). The Morgan fingerprint density at radius 2 is 2.09 bits per heavy atom. The van der Waals surface area contributed by atoms with Crippen molar-refractivity contribution in [3.63, 3.8) is 0 Å². The van der Waals surface area contributed by atoms with Crippen LogP contribution in [0.2, 0.25) is 5.02 Å². The minimum absolute atomic E-state index is 0.113. The Hall–Kier alpha value is -2.33. The maximum atomic E-state index is 13.1. The van der Waals surface area contributed by atoms with Crippen LogP contribution < -0.4 is 5.32 Å². The van der Waals surface area contributed by atoms with Gasteiger partial charge in [-0.3, -0.25) is 4.79 Å². The molecule has 0 spiro atoms. The van der Waals surface area contributed by atoms with E-state index in [9.17, 15) is 9.18 Å². The maximum absolute atomic E-state index is 13.1. The number of aromatic amines is 1. The number of benzene rings is 2. The van der Waals surface area contributed by atoms with E-state index >= 15 is 0 Å². The van der Waals surface area contributed by atoms with Gasteiger partial charge in [0.05, 0.1) is 6.42 Å². The lowest BCUT2D eigenvalue weighted by molar-refractivity contribution is -0.120. The molecule has 118 valence electrons. The number of H-pyrrole nitrogens is 1. The molecule has 1 heterocycles. The van der Waals surface area contributed by atoms with Crippen molar-refractivity contribution in [2.24, 2.45) is 0 Å². The SMILES string of the molecule is O=C(Cc1cccc(F)c1)NCCc1c[nH]c2cc(Cl)ccc12. The molecular formula is C18H16ClFN2O. The van der Waals surface area contributed by atoms with E-state index < -0.39 is 0 Å². The number of aromatic nitrogens is 1. The number of hydrogen-bond donors (Lipinski definition) is 2. The summed E-state index contributed by atoms with van der Waals surface area (Å²) in [6, 6.07) is 11.8. The Kier molecular flexibility index (Phi) is 4.63. The molecule has 0 saturated carbocycles. The van der Waals surface area contributed by atoms with Crippen LogP contribution in [-0.4, -0.2) is 17.4 Å². The second kappa shape index (κ2) is 6.84. The summed E-state index contributed by atoms with van der Waals surface area (Å²) in [6.07, 6.45) is 2.83. The largest absolute Gasteiger partial charge is 0.361 e. The molecule has 1 amide bonds. The highest BCUT2D eigenvalue weighted by Gasteiger charge is 2.07. The predicted octanol–water partition coefficient (Wildman–Crippen LogP) is 3.86. The maximum Gasteiger partial charge on any atom is 0.224 e. The minimum Gasteiger partial charge on any atom is -0.361 e. The highest BCUT2D eigenvalue weighted by Crippen LogP contribution is 2.22. The molecule has 0 saturated heterocycles. The minimum atomic E-state index is -0.326. The van der Waals surface area contributed by atoms with Crippen molar-refractivity contribution < 1.29 is 9.18 Å². The third-order valence-corrected chi connectivity index (χ3v) is 3.93. The number of nitrogens with one attached hydrogen (secondary N) is 2. The Bertz CT molecular complexity index is 844. The van der Waals surface area contributed by atoms with Gasteiger partial charge < -0.3 is 10.3 Å². The third kappa shape index (κ3) is 3.90. The summed E-state index contributed by atoms with van der Waals surface area (Å²) in [5.41, 5.74) is 2.78. The molecule has 3 nitrogen and oxygen atoms in total. The van der Waals surface area contributed by atoms with Crippen molar-refractivity contribution in [1.82, 2.24) is 10.3 Å². The van der Waals surface area contributed by atoms with E-state index in [0.29, 0.717) is 17.1 Å². The van der Waals surface area contributed by atoms with Gasteiger partial charge in [0.25, 0.3) is 0 Å². The molecule has 0 radical (unpaired) electrons. The van der Waals surface area contributed by atoms with Gasteiger partial charge in [0.15, 0.2) is 0 Å². The first-order valence-electron chi connectivity index (χ1n) is 7.38. The van der Waals surface area contributed by atoms with Crippen molar-refractivity contribution >= 4 is 28.4 Å². The zero-order chi connectivity index (χ0) is 16.2. The first-order chi connectivity index (χ1) is 11.1. The first-order valence-corrected chi connectivity index (χ1v) is 7.76. The van der Waals surface area contributed by atoms with Gasteiger partial charge in [-0.25, -0.2) is 4.39 Å². The average molecular weight is 331 g/mol. The molecule has 0 unspecified atom stereocenters. The highest BCUT2D eigenvalue weighted by atomic mass is 35.5. The fourth-order valence-corrected chi connectivity index (χ4v) is 2.77. The van der Waals surface area contributed by atoms with E-state index in [2.05, 4.69) is 10.3 Å². The van der Waals surface area contributed by atoms with E-state index in [-0.39, 0.29) is 18.1 Å². The fraction of sp³-hybridized carbons (Fsp3) is 0.167. The van der Waals surface area contributed by atoms with Gasteiger partial charge in [-0.1, -0.05) is 29.8 Å². The summed E-state index contributed by atoms with van der Waals surface area (Å²) < 4.78 is 13.1. The number of fused-ring (bicyclic) bond motifs is 1. The molecule has 2 N–H and O–H groups in total. The Morgan fingerprint density at radius 3 is 2.91 bits per heavy atom. The summed E-state index contributed by atoms with van der Waals surface area (Å²) in [6.45, 7) is 0.531. The number of rotatable bonds is 5. The molecule has 0 aliphatic rings. The van der Waals surface area contributed by atoms with Crippen LogP contribution in [0.3, 0.4) is 0 Å². The van der Waals surface area contributed by atoms with E-state index in [0.717, 1.165) is 22.9 Å². The second-order valence-electron chi connectivity index (χ2n) is 5.41. The van der Waals surface area contributed by atoms with E-state index in [1.165, 1.54) is 12.1 Å². The van der Waals surface area contributed by atoms with Crippen molar-refractivity contribution in [3.8, 4) is 0 Å². The first kappa shape index (κ1) is 15.6. The van der Waals surface area contributed by atoms with Crippen molar-refractivity contribution in [2.45, 2.75) is 12.8 Å². The van der Waals surface area contributed by atoms with E-state index in [1.54, 1.807) is 12.1 Å². The standard InChI is InChI=1S/C18H16ClFN2O/c19-14-4-5-16-13(11-22-17(16)10-14)6-7-21-18(23)9-12-2-1-3-15(20)8-12/h1-5,8,10-11,22H,6-7,9H2,(H,21,23). The Balaban J connectivity index is 1.55. The summed E-state index contributed by atoms with van der Waals surface area (Å²) in [7, 11) is 0. The van der Waals surface area contributed by atoms with Gasteiger partial charge in [0, 0.05) is 28.7 Å². The lowest BCUT2D eigenvalue weighted by atomic mass is 10.1. The van der Waals surface area contributed by atoms with Gasteiger partial charge in [-0.2, -0.15) is 0 Å². The molecule has 2 aromatic carbocycles. The van der Waals surface area contributed by atoms with Crippen molar-refractivity contribution in [2.75, 3.05) is 6.54 Å². The molecule has 0 bridgehead atoms. The number of carbonyl (C=O) groups is 1. The molecule has 0 aliphatic carbocycles. The van der Waals surface area contributed by atoms with Crippen LogP contribution in [0.5, 0.6) is 0 Å². The third-order valence-electron chi connectivity index (χ3n) is 3.70. The molecule has 23 heavy (non-hydrogen) atoms. The summed E-state index contributed by atoms with van der Waals surface area (Å²) in [5.74, 6) is -0.439. The van der Waals surface area contributed by atoms with Crippen molar-refractivity contribution in [1.29, 1.82) is 0 Å². The summed E-state index contributed by atoms with van der Waals surface area (Å²) >= 11 is 5.96. The van der Waals surface area contributed by atoms with Crippen LogP contribution >= 0.6 is 11.6 Å². The van der Waals surface area contributed by atoms with Gasteiger partial charge >= 0.3 is 0 Å². The molecule has 0 fully saturated rings. The summed E-state index contributed by atoms with van der Waals surface area (Å²) in [5, 5.41) is 4.66. The molecule has 5 heteroatoms. The molecule has 0 aliphatic heterocycles. The van der Waals surface area contributed by atoms with Crippen LogP contribution in [0, 0.1) is 5.82 Å². The van der Waals surface area contributed by atoms with Gasteiger partial charge in [0.1, 0.15) is 5.82 Å². The van der Waals surface area contributed by atoms with Crippen LogP contribution in [0.4, 0.5) is 4.39 Å². The lowest BCUT2D eigenvalue weighted by Crippen LogP contribution is -2.27. The smallest absolute Gasteiger partial charge is 0.224 e. The number of carbonyl (C=O) groups excluding carboxylic acids is 1. The van der Waals surface area contributed by atoms with Gasteiger partial charge in [-0.15, -0.1) is 0 Å². The Morgan fingerprint density at radius 1 is 1.22 bits per heavy atom. The monoisotopic (exact) mass is 330 g/mol. The zero-order valence-corrected chi connectivity index (χ0v) is 13.2. The highest BCUT2D eigenvalue weighted by molar-refractivity contribution is 6.31.